The lowest BCUT2D eigenvalue weighted by atomic mass is 10.2. The minimum absolute atomic E-state index is 0.157. The molecule has 2 aromatic rings. The van der Waals surface area contributed by atoms with E-state index in [9.17, 15) is 9.59 Å². The number of hydrogen-bond donors (Lipinski definition) is 2. The summed E-state index contributed by atoms with van der Waals surface area (Å²) in [6.45, 7) is 2.26. The largest absolute Gasteiger partial charge is 0.422 e. The van der Waals surface area contributed by atoms with Gasteiger partial charge in [-0.3, -0.25) is 10.1 Å². The van der Waals surface area contributed by atoms with E-state index in [1.165, 1.54) is 6.07 Å². The molecule has 0 bridgehead atoms. The molecule has 0 fully saturated rings. The molecule has 1 aromatic carbocycles. The number of halogens is 3. The van der Waals surface area contributed by atoms with Crippen molar-refractivity contribution in [1.29, 1.82) is 0 Å². The summed E-state index contributed by atoms with van der Waals surface area (Å²) in [5.74, 6) is -0.684. The standard InChI is InChI=1S/C14H13Cl3N2O3/c1-2-18-13(14(15,16)17)19-11(20)9-7-8-5-3-4-6-10(8)22-12(9)21/h3-7,13,18H,2H2,1H3,(H,19,20). The Labute approximate surface area is 141 Å². The van der Waals surface area contributed by atoms with Crippen LogP contribution in [0.5, 0.6) is 0 Å². The highest BCUT2D eigenvalue weighted by atomic mass is 35.6. The monoisotopic (exact) mass is 362 g/mol. The van der Waals surface area contributed by atoms with E-state index >= 15 is 0 Å². The Kier molecular flexibility index (Phi) is 5.34. The average Bonchev–Trinajstić information content (AvgIpc) is 2.45. The van der Waals surface area contributed by atoms with Crippen LogP contribution in [0.25, 0.3) is 11.0 Å². The van der Waals surface area contributed by atoms with Gasteiger partial charge in [0.05, 0.1) is 0 Å². The molecule has 2 N–H and O–H groups in total. The summed E-state index contributed by atoms with van der Waals surface area (Å²) in [6.07, 6.45) is -0.944. The van der Waals surface area contributed by atoms with Crippen molar-refractivity contribution >= 4 is 51.7 Å². The predicted octanol–water partition coefficient (Wildman–Crippen LogP) is 2.83. The zero-order valence-corrected chi connectivity index (χ0v) is 13.8. The number of benzene rings is 1. The van der Waals surface area contributed by atoms with Crippen molar-refractivity contribution in [1.82, 2.24) is 10.6 Å². The van der Waals surface area contributed by atoms with Crippen LogP contribution in [0.2, 0.25) is 0 Å². The fraction of sp³-hybridized carbons (Fsp3) is 0.286. The van der Waals surface area contributed by atoms with Gasteiger partial charge in [0.2, 0.25) is 3.79 Å². The van der Waals surface area contributed by atoms with Crippen molar-refractivity contribution in [2.75, 3.05) is 6.54 Å². The Morgan fingerprint density at radius 2 is 2.00 bits per heavy atom. The van der Waals surface area contributed by atoms with Crippen molar-refractivity contribution < 1.29 is 9.21 Å². The van der Waals surface area contributed by atoms with Gasteiger partial charge in [0.15, 0.2) is 0 Å². The molecule has 1 aromatic heterocycles. The number of nitrogens with one attached hydrogen (secondary N) is 2. The summed E-state index contributed by atoms with van der Waals surface area (Å²) >= 11 is 17.4. The van der Waals surface area contributed by atoms with Gasteiger partial charge < -0.3 is 9.73 Å². The number of rotatable bonds is 4. The van der Waals surface area contributed by atoms with Gasteiger partial charge in [0.25, 0.3) is 5.91 Å². The SMILES string of the molecule is CCNC(NC(=O)c1cc2ccccc2oc1=O)C(Cl)(Cl)Cl. The number of carbonyl (C=O) groups is 1. The summed E-state index contributed by atoms with van der Waals surface area (Å²) in [5.41, 5.74) is -0.514. The maximum Gasteiger partial charge on any atom is 0.349 e. The van der Waals surface area contributed by atoms with Gasteiger partial charge in [-0.1, -0.05) is 59.9 Å². The van der Waals surface area contributed by atoms with Gasteiger partial charge >= 0.3 is 5.63 Å². The molecule has 1 atom stereocenters. The van der Waals surface area contributed by atoms with E-state index in [-0.39, 0.29) is 5.56 Å². The first-order valence-corrected chi connectivity index (χ1v) is 7.60. The average molecular weight is 364 g/mol. The number of carbonyl (C=O) groups excluding carboxylic acids is 1. The van der Waals surface area contributed by atoms with Crippen molar-refractivity contribution in [3.63, 3.8) is 0 Å². The fourth-order valence-electron chi connectivity index (χ4n) is 1.88. The lowest BCUT2D eigenvalue weighted by molar-refractivity contribution is 0.0927. The smallest absolute Gasteiger partial charge is 0.349 e. The third kappa shape index (κ3) is 3.93. The third-order valence-corrected chi connectivity index (χ3v) is 3.55. The highest BCUT2D eigenvalue weighted by Gasteiger charge is 2.34. The van der Waals surface area contributed by atoms with Gasteiger partial charge in [-0.15, -0.1) is 0 Å². The first kappa shape index (κ1) is 17.1. The Bertz CT molecular complexity index is 740. The molecule has 1 unspecified atom stereocenters. The van der Waals surface area contributed by atoms with E-state index in [1.54, 1.807) is 31.2 Å². The van der Waals surface area contributed by atoms with E-state index < -0.39 is 21.5 Å². The van der Waals surface area contributed by atoms with E-state index in [2.05, 4.69) is 10.6 Å². The Morgan fingerprint density at radius 1 is 1.32 bits per heavy atom. The van der Waals surface area contributed by atoms with Crippen molar-refractivity contribution in [3.05, 3.63) is 46.3 Å². The van der Waals surface area contributed by atoms with E-state index in [4.69, 9.17) is 39.2 Å². The van der Waals surface area contributed by atoms with Crippen LogP contribution in [-0.2, 0) is 0 Å². The zero-order valence-electron chi connectivity index (χ0n) is 11.5. The lowest BCUT2D eigenvalue weighted by Crippen LogP contribution is -2.53. The van der Waals surface area contributed by atoms with Crippen molar-refractivity contribution in [2.45, 2.75) is 16.9 Å². The van der Waals surface area contributed by atoms with Crippen LogP contribution in [0.1, 0.15) is 17.3 Å². The molecule has 0 saturated carbocycles. The number of fused-ring (bicyclic) bond motifs is 1. The molecule has 8 heteroatoms. The first-order chi connectivity index (χ1) is 10.3. The maximum atomic E-state index is 12.3. The molecule has 0 aliphatic carbocycles. The highest BCUT2D eigenvalue weighted by Crippen LogP contribution is 2.29. The summed E-state index contributed by atoms with van der Waals surface area (Å²) in [4.78, 5) is 24.2. The summed E-state index contributed by atoms with van der Waals surface area (Å²) in [6, 6.07) is 8.31. The number of para-hydroxylation sites is 1. The van der Waals surface area contributed by atoms with Crippen LogP contribution in [0.15, 0.2) is 39.5 Å². The van der Waals surface area contributed by atoms with E-state index in [0.29, 0.717) is 17.5 Å². The zero-order chi connectivity index (χ0) is 16.3. The lowest BCUT2D eigenvalue weighted by Gasteiger charge is -2.25. The van der Waals surface area contributed by atoms with Gasteiger partial charge in [0, 0.05) is 5.39 Å². The van der Waals surface area contributed by atoms with Crippen molar-refractivity contribution in [3.8, 4) is 0 Å². The van der Waals surface area contributed by atoms with Crippen LogP contribution in [-0.4, -0.2) is 22.4 Å². The fourth-order valence-corrected chi connectivity index (χ4v) is 2.28. The minimum Gasteiger partial charge on any atom is -0.422 e. The van der Waals surface area contributed by atoms with Gasteiger partial charge in [-0.05, 0) is 18.7 Å². The second-order valence-corrected chi connectivity index (χ2v) is 6.86. The number of amides is 1. The number of hydrogen-bond acceptors (Lipinski definition) is 4. The predicted molar refractivity (Wildman–Crippen MR) is 87.7 cm³/mol. The molecule has 0 aliphatic heterocycles. The van der Waals surface area contributed by atoms with Crippen molar-refractivity contribution in [2.24, 2.45) is 0 Å². The molecule has 5 nitrogen and oxygen atoms in total. The molecular weight excluding hydrogens is 351 g/mol. The first-order valence-electron chi connectivity index (χ1n) is 6.46. The van der Waals surface area contributed by atoms with Crippen LogP contribution >= 0.6 is 34.8 Å². The molecule has 0 spiro atoms. The normalized spacial score (nSPS) is 13.1. The van der Waals surface area contributed by atoms with E-state index in [0.717, 1.165) is 0 Å². The third-order valence-electron chi connectivity index (χ3n) is 2.90. The van der Waals surface area contributed by atoms with E-state index in [1.807, 2.05) is 0 Å². The van der Waals surface area contributed by atoms with Crippen LogP contribution in [0, 0.1) is 0 Å². The van der Waals surface area contributed by atoms with Crippen LogP contribution in [0.3, 0.4) is 0 Å². The van der Waals surface area contributed by atoms with Gasteiger partial charge in [-0.25, -0.2) is 4.79 Å². The molecule has 22 heavy (non-hydrogen) atoms. The summed E-state index contributed by atoms with van der Waals surface area (Å²) in [7, 11) is 0. The molecule has 118 valence electrons. The highest BCUT2D eigenvalue weighted by molar-refractivity contribution is 6.68. The molecular formula is C14H13Cl3N2O3. The molecule has 2 rings (SSSR count). The van der Waals surface area contributed by atoms with Crippen LogP contribution in [0.4, 0.5) is 0 Å². The second-order valence-electron chi connectivity index (χ2n) is 4.49. The molecule has 1 amide bonds. The molecule has 0 aliphatic rings. The minimum atomic E-state index is -1.76. The Hall–Kier alpha value is -1.27. The quantitative estimate of drug-likeness (QED) is 0.498. The maximum absolute atomic E-state index is 12.3. The number of alkyl halides is 3. The summed E-state index contributed by atoms with van der Waals surface area (Å²) < 4.78 is 3.34. The summed E-state index contributed by atoms with van der Waals surface area (Å²) in [5, 5.41) is 5.92. The molecule has 0 saturated heterocycles. The Morgan fingerprint density at radius 3 is 2.64 bits per heavy atom. The topological polar surface area (TPSA) is 71.3 Å². The van der Waals surface area contributed by atoms with Gasteiger partial charge in [-0.2, -0.15) is 0 Å². The molecule has 1 heterocycles. The second kappa shape index (κ2) is 6.87. The van der Waals surface area contributed by atoms with Crippen LogP contribution < -0.4 is 16.3 Å². The van der Waals surface area contributed by atoms with Gasteiger partial charge in [0.1, 0.15) is 17.3 Å². The molecule has 0 radical (unpaired) electrons. The Balaban J connectivity index is 2.32.